The van der Waals surface area contributed by atoms with Gasteiger partial charge in [0.25, 0.3) is 0 Å². The van der Waals surface area contributed by atoms with Crippen LogP contribution in [0.1, 0.15) is 10.5 Å². The smallest absolute Gasteiger partial charge is 0.412 e. The number of amides is 1. The summed E-state index contributed by atoms with van der Waals surface area (Å²) < 4.78 is 4.66. The highest BCUT2D eigenvalue weighted by Crippen LogP contribution is 2.16. The van der Waals surface area contributed by atoms with Crippen LogP contribution in [0, 0.1) is 0 Å². The van der Waals surface area contributed by atoms with Crippen LogP contribution >= 0.6 is 11.8 Å². The lowest BCUT2D eigenvalue weighted by molar-refractivity contribution is 0.0690. The van der Waals surface area contributed by atoms with Gasteiger partial charge in [-0.25, -0.2) is 19.6 Å². The molecular formula is C10H11N3O4S. The minimum Gasteiger partial charge on any atom is -0.476 e. The number of hydrogen-bond donors (Lipinski definition) is 2. The van der Waals surface area contributed by atoms with E-state index in [4.69, 9.17) is 5.11 Å². The van der Waals surface area contributed by atoms with Gasteiger partial charge in [0.15, 0.2) is 10.9 Å². The minimum atomic E-state index is -1.26. The zero-order valence-electron chi connectivity index (χ0n) is 9.54. The number of aromatic carboxylic acids is 1. The maximum absolute atomic E-state index is 11.3. The third kappa shape index (κ3) is 3.74. The summed E-state index contributed by atoms with van der Waals surface area (Å²) in [7, 11) is 0. The van der Waals surface area contributed by atoms with E-state index in [-0.39, 0.29) is 18.0 Å². The van der Waals surface area contributed by atoms with Gasteiger partial charge in [-0.3, -0.25) is 5.32 Å². The monoisotopic (exact) mass is 269 g/mol. The number of carboxylic acid groups (broad SMARTS) is 1. The molecule has 0 aliphatic rings. The molecule has 0 bridgehead atoms. The summed E-state index contributed by atoms with van der Waals surface area (Å²) in [6, 6.07) is 0. The van der Waals surface area contributed by atoms with Crippen LogP contribution in [0.2, 0.25) is 0 Å². The molecule has 1 heterocycles. The molecule has 0 atom stereocenters. The fourth-order valence-corrected chi connectivity index (χ4v) is 1.34. The second-order valence-electron chi connectivity index (χ2n) is 2.94. The number of anilines is 1. The van der Waals surface area contributed by atoms with E-state index >= 15 is 0 Å². The number of hydrogen-bond acceptors (Lipinski definition) is 6. The predicted octanol–water partition coefficient (Wildman–Crippen LogP) is 1.63. The summed E-state index contributed by atoms with van der Waals surface area (Å²) in [6.07, 6.45) is 3.53. The molecular weight excluding hydrogens is 258 g/mol. The number of rotatable bonds is 5. The van der Waals surface area contributed by atoms with Crippen LogP contribution in [0.15, 0.2) is 24.0 Å². The Morgan fingerprint density at radius 3 is 2.94 bits per heavy atom. The van der Waals surface area contributed by atoms with Crippen molar-refractivity contribution in [1.82, 2.24) is 9.97 Å². The van der Waals surface area contributed by atoms with E-state index in [2.05, 4.69) is 26.6 Å². The number of carboxylic acids is 1. The van der Waals surface area contributed by atoms with Crippen LogP contribution in [-0.4, -0.2) is 40.0 Å². The SMILES string of the molecule is C=CCOC(=O)Nc1cnc(SC)nc1C(=O)O. The summed E-state index contributed by atoms with van der Waals surface area (Å²) in [5, 5.41) is 11.5. The lowest BCUT2D eigenvalue weighted by atomic mass is 10.3. The third-order valence-electron chi connectivity index (χ3n) is 1.72. The molecule has 0 saturated carbocycles. The van der Waals surface area contributed by atoms with E-state index in [1.54, 1.807) is 6.26 Å². The summed E-state index contributed by atoms with van der Waals surface area (Å²) in [5.74, 6) is -1.26. The quantitative estimate of drug-likeness (QED) is 0.476. The second kappa shape index (κ2) is 6.60. The number of nitrogens with one attached hydrogen (secondary N) is 1. The van der Waals surface area contributed by atoms with Crippen molar-refractivity contribution in [3.05, 3.63) is 24.5 Å². The Labute approximate surface area is 107 Å². The normalized spacial score (nSPS) is 9.61. The van der Waals surface area contributed by atoms with Crippen molar-refractivity contribution in [2.75, 3.05) is 18.2 Å². The fourth-order valence-electron chi connectivity index (χ4n) is 0.999. The van der Waals surface area contributed by atoms with E-state index in [0.717, 1.165) is 0 Å². The third-order valence-corrected chi connectivity index (χ3v) is 2.28. The Kier molecular flexibility index (Phi) is 5.12. The summed E-state index contributed by atoms with van der Waals surface area (Å²) in [4.78, 5) is 29.9. The average molecular weight is 269 g/mol. The van der Waals surface area contributed by atoms with Gasteiger partial charge in [0.05, 0.1) is 11.9 Å². The van der Waals surface area contributed by atoms with Gasteiger partial charge < -0.3 is 9.84 Å². The topological polar surface area (TPSA) is 101 Å². The number of carbonyl (C=O) groups excluding carboxylic acids is 1. The zero-order chi connectivity index (χ0) is 13.5. The molecule has 8 heteroatoms. The molecule has 0 saturated heterocycles. The molecule has 1 aromatic heterocycles. The summed E-state index contributed by atoms with van der Waals surface area (Å²) in [5.41, 5.74) is -0.306. The van der Waals surface area contributed by atoms with E-state index < -0.39 is 12.1 Å². The molecule has 0 aromatic carbocycles. The van der Waals surface area contributed by atoms with E-state index in [9.17, 15) is 9.59 Å². The highest BCUT2D eigenvalue weighted by atomic mass is 32.2. The van der Waals surface area contributed by atoms with Crippen molar-refractivity contribution >= 4 is 29.5 Å². The Morgan fingerprint density at radius 1 is 1.67 bits per heavy atom. The number of nitrogens with zero attached hydrogens (tertiary/aromatic N) is 2. The Bertz CT molecular complexity index is 478. The highest BCUT2D eigenvalue weighted by molar-refractivity contribution is 7.98. The first-order chi connectivity index (χ1) is 8.58. The molecule has 18 heavy (non-hydrogen) atoms. The van der Waals surface area contributed by atoms with Crippen LogP contribution in [0.4, 0.5) is 10.5 Å². The van der Waals surface area contributed by atoms with Gasteiger partial charge in [0.1, 0.15) is 6.61 Å². The maximum Gasteiger partial charge on any atom is 0.412 e. The first kappa shape index (κ1) is 14.0. The predicted molar refractivity (Wildman–Crippen MR) is 65.9 cm³/mol. The van der Waals surface area contributed by atoms with Gasteiger partial charge in [-0.1, -0.05) is 24.4 Å². The molecule has 1 rings (SSSR count). The zero-order valence-corrected chi connectivity index (χ0v) is 10.4. The molecule has 0 unspecified atom stereocenters. The van der Waals surface area contributed by atoms with E-state index in [1.807, 2.05) is 0 Å². The second-order valence-corrected chi connectivity index (χ2v) is 3.71. The van der Waals surface area contributed by atoms with Crippen molar-refractivity contribution in [2.24, 2.45) is 0 Å². The van der Waals surface area contributed by atoms with Crippen LogP contribution in [0.3, 0.4) is 0 Å². The first-order valence-corrected chi connectivity index (χ1v) is 6.00. The summed E-state index contributed by atoms with van der Waals surface area (Å²) >= 11 is 1.20. The van der Waals surface area contributed by atoms with Gasteiger partial charge >= 0.3 is 12.1 Å². The number of thioether (sulfide) groups is 1. The molecule has 1 aromatic rings. The molecule has 1 amide bonds. The largest absolute Gasteiger partial charge is 0.476 e. The van der Waals surface area contributed by atoms with Crippen molar-refractivity contribution in [3.63, 3.8) is 0 Å². The van der Waals surface area contributed by atoms with Crippen molar-refractivity contribution in [1.29, 1.82) is 0 Å². The highest BCUT2D eigenvalue weighted by Gasteiger charge is 2.16. The number of carbonyl (C=O) groups is 2. The Morgan fingerprint density at radius 2 is 2.39 bits per heavy atom. The van der Waals surface area contributed by atoms with Crippen LogP contribution in [0.5, 0.6) is 0 Å². The van der Waals surface area contributed by atoms with Gasteiger partial charge in [0.2, 0.25) is 0 Å². The first-order valence-electron chi connectivity index (χ1n) is 4.77. The van der Waals surface area contributed by atoms with Gasteiger partial charge in [-0.2, -0.15) is 0 Å². The molecule has 7 nitrogen and oxygen atoms in total. The van der Waals surface area contributed by atoms with Gasteiger partial charge in [-0.05, 0) is 6.26 Å². The van der Waals surface area contributed by atoms with Gasteiger partial charge in [-0.15, -0.1) is 0 Å². The molecule has 0 aliphatic heterocycles. The van der Waals surface area contributed by atoms with E-state index in [1.165, 1.54) is 24.0 Å². The lowest BCUT2D eigenvalue weighted by Gasteiger charge is -2.07. The Hall–Kier alpha value is -2.09. The molecule has 0 spiro atoms. The molecule has 0 radical (unpaired) electrons. The molecule has 96 valence electrons. The molecule has 0 fully saturated rings. The van der Waals surface area contributed by atoms with Crippen LogP contribution in [-0.2, 0) is 4.74 Å². The molecule has 2 N–H and O–H groups in total. The molecule has 0 aliphatic carbocycles. The fraction of sp³-hybridized carbons (Fsp3) is 0.200. The lowest BCUT2D eigenvalue weighted by Crippen LogP contribution is -2.17. The standard InChI is InChI=1S/C10H11N3O4S/c1-3-4-17-10(16)12-6-5-11-9(18-2)13-7(6)8(14)15/h3,5H,1,4H2,2H3,(H,12,16)(H,14,15). The van der Waals surface area contributed by atoms with Crippen LogP contribution in [0.25, 0.3) is 0 Å². The van der Waals surface area contributed by atoms with Crippen LogP contribution < -0.4 is 5.32 Å². The van der Waals surface area contributed by atoms with Crippen molar-refractivity contribution < 1.29 is 19.4 Å². The average Bonchev–Trinajstić information content (AvgIpc) is 2.36. The van der Waals surface area contributed by atoms with Crippen molar-refractivity contribution in [2.45, 2.75) is 5.16 Å². The summed E-state index contributed by atoms with van der Waals surface area (Å²) in [6.45, 7) is 3.41. The van der Waals surface area contributed by atoms with Gasteiger partial charge in [0, 0.05) is 0 Å². The maximum atomic E-state index is 11.3. The minimum absolute atomic E-state index is 0.0191. The number of aromatic nitrogens is 2. The van der Waals surface area contributed by atoms with Crippen molar-refractivity contribution in [3.8, 4) is 0 Å². The van der Waals surface area contributed by atoms with E-state index in [0.29, 0.717) is 5.16 Å². The Balaban J connectivity index is 2.90. The number of ether oxygens (including phenoxy) is 1.